The number of aliphatic hydroxyl groups is 1. The Kier molecular flexibility index (Phi) is 6.39. The molecule has 0 saturated carbocycles. The fourth-order valence-corrected chi connectivity index (χ4v) is 2.82. The highest BCUT2D eigenvalue weighted by Gasteiger charge is 2.13. The van der Waals surface area contributed by atoms with Crippen LogP contribution in [0.25, 0.3) is 10.4 Å². The van der Waals surface area contributed by atoms with Gasteiger partial charge in [0.1, 0.15) is 0 Å². The number of ether oxygens (including phenoxy) is 1. The summed E-state index contributed by atoms with van der Waals surface area (Å²) in [7, 11) is 1.59. The van der Waals surface area contributed by atoms with E-state index in [1.165, 1.54) is 0 Å². The summed E-state index contributed by atoms with van der Waals surface area (Å²) in [6, 6.07) is 11.0. The van der Waals surface area contributed by atoms with E-state index in [0.29, 0.717) is 13.0 Å². The molecule has 0 aliphatic carbocycles. The number of hydrogen-bond donors (Lipinski definition) is 3. The van der Waals surface area contributed by atoms with Crippen LogP contribution in [-0.4, -0.2) is 37.5 Å². The molecule has 2 amide bonds. The first-order valence-corrected chi connectivity index (χ1v) is 7.92. The second kappa shape index (κ2) is 8.53. The summed E-state index contributed by atoms with van der Waals surface area (Å²) in [5.41, 5.74) is 1.72. The maximum Gasteiger partial charge on any atom is 0.319 e. The van der Waals surface area contributed by atoms with Crippen molar-refractivity contribution in [1.82, 2.24) is 5.32 Å². The molecule has 1 heterocycles. The topological polar surface area (TPSA) is 70.6 Å². The first kappa shape index (κ1) is 16.5. The monoisotopic (exact) mass is 320 g/mol. The molecule has 2 rings (SSSR count). The highest BCUT2D eigenvalue weighted by Crippen LogP contribution is 2.31. The molecule has 5 nitrogen and oxygen atoms in total. The van der Waals surface area contributed by atoms with Gasteiger partial charge in [-0.3, -0.25) is 0 Å². The number of methoxy groups -OCH3 is 1. The summed E-state index contributed by atoms with van der Waals surface area (Å²) in [5.74, 6) is 0. The van der Waals surface area contributed by atoms with Crippen molar-refractivity contribution < 1.29 is 14.6 Å². The number of rotatable bonds is 7. The van der Waals surface area contributed by atoms with Crippen molar-refractivity contribution in [3.8, 4) is 10.4 Å². The number of carbonyl (C=O) groups is 1. The molecule has 0 fully saturated rings. The first-order valence-electron chi connectivity index (χ1n) is 7.04. The second-order valence-electron chi connectivity index (χ2n) is 4.78. The zero-order valence-corrected chi connectivity index (χ0v) is 13.2. The third kappa shape index (κ3) is 4.56. The minimum absolute atomic E-state index is 0.122. The number of benzene rings is 1. The zero-order chi connectivity index (χ0) is 15.8. The van der Waals surface area contributed by atoms with Crippen molar-refractivity contribution in [1.29, 1.82) is 0 Å². The molecule has 1 atom stereocenters. The van der Waals surface area contributed by atoms with Crippen LogP contribution >= 0.6 is 11.3 Å². The lowest BCUT2D eigenvalue weighted by atomic mass is 10.1. The van der Waals surface area contributed by atoms with Crippen LogP contribution in [0.5, 0.6) is 0 Å². The van der Waals surface area contributed by atoms with Gasteiger partial charge < -0.3 is 20.5 Å². The van der Waals surface area contributed by atoms with Gasteiger partial charge in [0.25, 0.3) is 0 Å². The fourth-order valence-electron chi connectivity index (χ4n) is 2.05. The zero-order valence-electron chi connectivity index (χ0n) is 12.4. The van der Waals surface area contributed by atoms with Crippen molar-refractivity contribution in [3.05, 3.63) is 41.8 Å². The van der Waals surface area contributed by atoms with E-state index in [-0.39, 0.29) is 18.7 Å². The molecule has 3 N–H and O–H groups in total. The number of aliphatic hydroxyl groups excluding tert-OH is 1. The van der Waals surface area contributed by atoms with E-state index >= 15 is 0 Å². The SMILES string of the molecule is COCC[C@H](CO)NC(=O)Nc1ccccc1-c1cccs1. The van der Waals surface area contributed by atoms with Gasteiger partial charge in [0.2, 0.25) is 0 Å². The maximum atomic E-state index is 12.1. The van der Waals surface area contributed by atoms with E-state index < -0.39 is 0 Å². The molecular weight excluding hydrogens is 300 g/mol. The van der Waals surface area contributed by atoms with Gasteiger partial charge in [0.05, 0.1) is 18.3 Å². The third-order valence-electron chi connectivity index (χ3n) is 3.19. The Labute approximate surface area is 133 Å². The van der Waals surface area contributed by atoms with E-state index in [2.05, 4.69) is 10.6 Å². The summed E-state index contributed by atoms with van der Waals surface area (Å²) >= 11 is 1.62. The van der Waals surface area contributed by atoms with Gasteiger partial charge in [-0.25, -0.2) is 4.79 Å². The Bertz CT molecular complexity index is 587. The van der Waals surface area contributed by atoms with Gasteiger partial charge in [-0.05, 0) is 23.9 Å². The average molecular weight is 320 g/mol. The van der Waals surface area contributed by atoms with Crippen LogP contribution < -0.4 is 10.6 Å². The molecule has 1 aromatic carbocycles. The average Bonchev–Trinajstić information content (AvgIpc) is 3.06. The third-order valence-corrected chi connectivity index (χ3v) is 4.09. The number of urea groups is 1. The number of nitrogens with one attached hydrogen (secondary N) is 2. The normalized spacial score (nSPS) is 11.9. The maximum absolute atomic E-state index is 12.1. The number of para-hydroxylation sites is 1. The number of anilines is 1. The number of carbonyl (C=O) groups excluding carboxylic acids is 1. The van der Waals surface area contributed by atoms with E-state index in [1.54, 1.807) is 18.4 Å². The lowest BCUT2D eigenvalue weighted by Gasteiger charge is -2.17. The van der Waals surface area contributed by atoms with Gasteiger partial charge in [0, 0.05) is 24.2 Å². The molecule has 6 heteroatoms. The van der Waals surface area contributed by atoms with E-state index in [4.69, 9.17) is 4.74 Å². The van der Waals surface area contributed by atoms with Crippen molar-refractivity contribution in [2.75, 3.05) is 25.6 Å². The molecule has 22 heavy (non-hydrogen) atoms. The first-order chi connectivity index (χ1) is 10.7. The van der Waals surface area contributed by atoms with Crippen LogP contribution in [0.15, 0.2) is 41.8 Å². The molecular formula is C16H20N2O3S. The summed E-state index contributed by atoms with van der Waals surface area (Å²) in [6.45, 7) is 0.362. The van der Waals surface area contributed by atoms with Crippen LogP contribution in [0, 0.1) is 0 Å². The Morgan fingerprint density at radius 3 is 2.82 bits per heavy atom. The van der Waals surface area contributed by atoms with Gasteiger partial charge in [-0.2, -0.15) is 0 Å². The van der Waals surface area contributed by atoms with Crippen molar-refractivity contribution in [2.45, 2.75) is 12.5 Å². The lowest BCUT2D eigenvalue weighted by Crippen LogP contribution is -2.40. The fraction of sp³-hybridized carbons (Fsp3) is 0.312. The molecule has 0 aliphatic heterocycles. The molecule has 118 valence electrons. The van der Waals surface area contributed by atoms with Crippen molar-refractivity contribution in [3.63, 3.8) is 0 Å². The number of amides is 2. The van der Waals surface area contributed by atoms with Crippen molar-refractivity contribution >= 4 is 23.1 Å². The highest BCUT2D eigenvalue weighted by atomic mass is 32.1. The standard InChI is InChI=1S/C16H20N2O3S/c1-21-9-8-12(11-19)17-16(20)18-14-6-3-2-5-13(14)15-7-4-10-22-15/h2-7,10,12,19H,8-9,11H2,1H3,(H2,17,18,20)/t12-/m1/s1. The van der Waals surface area contributed by atoms with Crippen LogP contribution in [0.3, 0.4) is 0 Å². The van der Waals surface area contributed by atoms with Crippen molar-refractivity contribution in [2.24, 2.45) is 0 Å². The van der Waals surface area contributed by atoms with Crippen LogP contribution in [-0.2, 0) is 4.74 Å². The molecule has 0 aliphatic rings. The summed E-state index contributed by atoms with van der Waals surface area (Å²) in [6.07, 6.45) is 0.562. The molecule has 1 aromatic heterocycles. The summed E-state index contributed by atoms with van der Waals surface area (Å²) < 4.78 is 4.96. The minimum Gasteiger partial charge on any atom is -0.394 e. The predicted octanol–water partition coefficient (Wildman–Crippen LogP) is 2.93. The largest absolute Gasteiger partial charge is 0.394 e. The Morgan fingerprint density at radius 1 is 1.32 bits per heavy atom. The van der Waals surface area contributed by atoms with Crippen LogP contribution in [0.2, 0.25) is 0 Å². The predicted molar refractivity (Wildman–Crippen MR) is 89.3 cm³/mol. The molecule has 2 aromatic rings. The minimum atomic E-state index is -0.334. The summed E-state index contributed by atoms with van der Waals surface area (Å²) in [5, 5.41) is 16.9. The summed E-state index contributed by atoms with van der Waals surface area (Å²) in [4.78, 5) is 13.2. The highest BCUT2D eigenvalue weighted by molar-refractivity contribution is 7.13. The number of thiophene rings is 1. The van der Waals surface area contributed by atoms with Crippen LogP contribution in [0.4, 0.5) is 10.5 Å². The molecule has 0 radical (unpaired) electrons. The lowest BCUT2D eigenvalue weighted by molar-refractivity contribution is 0.161. The van der Waals surface area contributed by atoms with Gasteiger partial charge in [-0.15, -0.1) is 11.3 Å². The second-order valence-corrected chi connectivity index (χ2v) is 5.73. The molecule has 0 saturated heterocycles. The van der Waals surface area contributed by atoms with Gasteiger partial charge >= 0.3 is 6.03 Å². The Balaban J connectivity index is 2.03. The van der Waals surface area contributed by atoms with Crippen LogP contribution in [0.1, 0.15) is 6.42 Å². The molecule has 0 bridgehead atoms. The molecule has 0 spiro atoms. The van der Waals surface area contributed by atoms with E-state index in [0.717, 1.165) is 16.1 Å². The van der Waals surface area contributed by atoms with Gasteiger partial charge in [0.15, 0.2) is 0 Å². The smallest absolute Gasteiger partial charge is 0.319 e. The Hall–Kier alpha value is -1.89. The van der Waals surface area contributed by atoms with E-state index in [1.807, 2.05) is 41.8 Å². The molecule has 0 unspecified atom stereocenters. The van der Waals surface area contributed by atoms with E-state index in [9.17, 15) is 9.90 Å². The van der Waals surface area contributed by atoms with Gasteiger partial charge in [-0.1, -0.05) is 24.3 Å². The number of hydrogen-bond acceptors (Lipinski definition) is 4. The Morgan fingerprint density at radius 2 is 2.14 bits per heavy atom. The quantitative estimate of drug-likeness (QED) is 0.734.